The maximum absolute atomic E-state index is 11.4. The molecule has 0 bridgehead atoms. The van der Waals surface area contributed by atoms with Crippen molar-refractivity contribution in [3.63, 3.8) is 0 Å². The molecule has 0 amide bonds. The van der Waals surface area contributed by atoms with E-state index in [2.05, 4.69) is 6.92 Å². The van der Waals surface area contributed by atoms with E-state index in [9.17, 15) is 35.4 Å². The standard InChI is InChI=1S/C24H32O9/c1-24-7-6-13-12-5-3-11(25)8-10(12)2-4-14(13)15(24)9-16(21(24)29)32-23-19(28)17(26)18(27)20(33-23)22(30)31/h3,5,8,13-21,23,25-29H,2,4,6-7,9H2,1H3,(H,30,31)/t13-,14-,15+,16+,17+,18+,19-,20+,21-,23-,24+/m1/s1. The number of carbonyl (C=O) groups is 1. The highest BCUT2D eigenvalue weighted by atomic mass is 16.7. The Morgan fingerprint density at radius 2 is 1.88 bits per heavy atom. The second kappa shape index (κ2) is 8.18. The molecule has 3 fully saturated rings. The molecule has 4 aliphatic rings. The van der Waals surface area contributed by atoms with Gasteiger partial charge in [-0.05, 0) is 78.5 Å². The highest BCUT2D eigenvalue weighted by molar-refractivity contribution is 5.73. The van der Waals surface area contributed by atoms with Crippen molar-refractivity contribution < 1.29 is 44.9 Å². The molecule has 9 nitrogen and oxygen atoms in total. The van der Waals surface area contributed by atoms with Crippen LogP contribution in [0, 0.1) is 17.3 Å². The van der Waals surface area contributed by atoms with Crippen LogP contribution in [0.4, 0.5) is 0 Å². The molecule has 0 aromatic heterocycles. The first-order valence-corrected chi connectivity index (χ1v) is 11.7. The smallest absolute Gasteiger partial charge is 0.335 e. The molecule has 0 spiro atoms. The molecule has 1 aromatic rings. The van der Waals surface area contributed by atoms with Gasteiger partial charge in [-0.2, -0.15) is 0 Å². The van der Waals surface area contributed by atoms with Gasteiger partial charge in [0.05, 0.1) is 12.2 Å². The van der Waals surface area contributed by atoms with Gasteiger partial charge in [0.2, 0.25) is 0 Å². The van der Waals surface area contributed by atoms with E-state index < -0.39 is 54.3 Å². The van der Waals surface area contributed by atoms with Crippen LogP contribution in [-0.4, -0.2) is 79.5 Å². The van der Waals surface area contributed by atoms with Crippen molar-refractivity contribution in [2.45, 2.75) is 87.9 Å². The van der Waals surface area contributed by atoms with Gasteiger partial charge >= 0.3 is 5.97 Å². The predicted octanol–water partition coefficient (Wildman–Crippen LogP) is 0.496. The van der Waals surface area contributed by atoms with E-state index in [1.54, 1.807) is 6.07 Å². The maximum atomic E-state index is 11.4. The number of carboxylic acid groups (broad SMARTS) is 1. The van der Waals surface area contributed by atoms with Crippen LogP contribution in [0.3, 0.4) is 0 Å². The van der Waals surface area contributed by atoms with Crippen molar-refractivity contribution in [2.24, 2.45) is 17.3 Å². The number of hydrogen-bond donors (Lipinski definition) is 6. The zero-order chi connectivity index (χ0) is 23.7. The number of benzene rings is 1. The molecule has 0 radical (unpaired) electrons. The summed E-state index contributed by atoms with van der Waals surface area (Å²) in [7, 11) is 0. The Hall–Kier alpha value is -1.75. The number of carboxylic acids is 1. The zero-order valence-corrected chi connectivity index (χ0v) is 18.4. The van der Waals surface area contributed by atoms with Gasteiger partial charge in [0, 0.05) is 0 Å². The largest absolute Gasteiger partial charge is 0.508 e. The Labute approximate surface area is 191 Å². The summed E-state index contributed by atoms with van der Waals surface area (Å²) in [4.78, 5) is 11.4. The molecule has 1 aromatic carbocycles. The Bertz CT molecular complexity index is 921. The van der Waals surface area contributed by atoms with E-state index >= 15 is 0 Å². The summed E-state index contributed by atoms with van der Waals surface area (Å²) in [6.45, 7) is 2.06. The molecule has 33 heavy (non-hydrogen) atoms. The minimum atomic E-state index is -1.78. The second-order valence-corrected chi connectivity index (χ2v) is 10.4. The fourth-order valence-electron chi connectivity index (χ4n) is 7.00. The van der Waals surface area contributed by atoms with Crippen molar-refractivity contribution in [2.75, 3.05) is 0 Å². The number of aliphatic hydroxyl groups excluding tert-OH is 4. The summed E-state index contributed by atoms with van der Waals surface area (Å²) in [5.74, 6) is -0.367. The van der Waals surface area contributed by atoms with Gasteiger partial charge in [-0.3, -0.25) is 0 Å². The molecule has 6 N–H and O–H groups in total. The van der Waals surface area contributed by atoms with Crippen LogP contribution in [-0.2, 0) is 20.7 Å². The lowest BCUT2D eigenvalue weighted by Gasteiger charge is -2.49. The topological polar surface area (TPSA) is 157 Å². The molecule has 5 rings (SSSR count). The van der Waals surface area contributed by atoms with E-state index in [-0.39, 0.29) is 11.7 Å². The second-order valence-electron chi connectivity index (χ2n) is 10.4. The molecule has 11 atom stereocenters. The Morgan fingerprint density at radius 3 is 2.61 bits per heavy atom. The lowest BCUT2D eigenvalue weighted by atomic mass is 9.55. The van der Waals surface area contributed by atoms with Crippen molar-refractivity contribution in [3.05, 3.63) is 29.3 Å². The summed E-state index contributed by atoms with van der Waals surface area (Å²) in [6, 6.07) is 5.58. The summed E-state index contributed by atoms with van der Waals surface area (Å²) >= 11 is 0. The third-order valence-corrected chi connectivity index (χ3v) is 8.78. The molecule has 0 unspecified atom stereocenters. The number of aryl methyl sites for hydroxylation is 1. The molecule has 9 heteroatoms. The van der Waals surface area contributed by atoms with E-state index in [1.165, 1.54) is 11.1 Å². The quantitative estimate of drug-likeness (QED) is 0.375. The van der Waals surface area contributed by atoms with Gasteiger partial charge in [0.15, 0.2) is 12.4 Å². The monoisotopic (exact) mass is 464 g/mol. The highest BCUT2D eigenvalue weighted by Gasteiger charge is 2.59. The number of aliphatic carboxylic acids is 1. The third kappa shape index (κ3) is 3.57. The number of phenols is 1. The van der Waals surface area contributed by atoms with Gasteiger partial charge in [-0.25, -0.2) is 4.79 Å². The first-order chi connectivity index (χ1) is 15.6. The summed E-state index contributed by atoms with van der Waals surface area (Å²) in [5.41, 5.74) is 2.04. The molecular formula is C24H32O9. The van der Waals surface area contributed by atoms with Crippen molar-refractivity contribution >= 4 is 5.97 Å². The summed E-state index contributed by atoms with van der Waals surface area (Å²) in [5, 5.41) is 60.7. The predicted molar refractivity (Wildman–Crippen MR) is 113 cm³/mol. The SMILES string of the molecule is C[C@]12CC[C@@H]3c4ccc(O)cc4CC[C@H]3[C@@H]1C[C@H](O[C@@H]1O[C@H](C(=O)O)[C@@H](O)[C@H](O)[C@H]1O)[C@H]2O. The fourth-order valence-corrected chi connectivity index (χ4v) is 7.00. The lowest BCUT2D eigenvalue weighted by molar-refractivity contribution is -0.309. The Morgan fingerprint density at radius 1 is 1.12 bits per heavy atom. The minimum absolute atomic E-state index is 0.157. The van der Waals surface area contributed by atoms with Gasteiger partial charge < -0.3 is 40.1 Å². The molecular weight excluding hydrogens is 432 g/mol. The number of hydrogen-bond acceptors (Lipinski definition) is 8. The molecule has 2 saturated carbocycles. The first kappa shape index (κ1) is 23.0. The van der Waals surface area contributed by atoms with Crippen LogP contribution in [0.1, 0.15) is 49.7 Å². The molecule has 1 aliphatic heterocycles. The average molecular weight is 465 g/mol. The number of aromatic hydroxyl groups is 1. The fraction of sp³-hybridized carbons (Fsp3) is 0.708. The van der Waals surface area contributed by atoms with E-state index in [0.29, 0.717) is 18.3 Å². The molecule has 182 valence electrons. The maximum Gasteiger partial charge on any atom is 0.335 e. The minimum Gasteiger partial charge on any atom is -0.508 e. The van der Waals surface area contributed by atoms with Gasteiger partial charge in [0.1, 0.15) is 24.1 Å². The first-order valence-electron chi connectivity index (χ1n) is 11.7. The van der Waals surface area contributed by atoms with E-state index in [1.807, 2.05) is 12.1 Å². The van der Waals surface area contributed by atoms with Crippen molar-refractivity contribution in [1.29, 1.82) is 0 Å². The van der Waals surface area contributed by atoms with Gasteiger partial charge in [-0.1, -0.05) is 13.0 Å². The lowest BCUT2D eigenvalue weighted by Crippen LogP contribution is -2.61. The molecule has 3 aliphatic carbocycles. The van der Waals surface area contributed by atoms with Gasteiger partial charge in [0.25, 0.3) is 0 Å². The van der Waals surface area contributed by atoms with Crippen molar-refractivity contribution in [1.82, 2.24) is 0 Å². The number of ether oxygens (including phenoxy) is 2. The molecule has 1 saturated heterocycles. The normalized spacial score (nSPS) is 46.8. The van der Waals surface area contributed by atoms with Crippen LogP contribution >= 0.6 is 0 Å². The number of phenolic OH excluding ortho intramolecular Hbond substituents is 1. The zero-order valence-electron chi connectivity index (χ0n) is 18.4. The number of aliphatic hydroxyl groups is 4. The molecule has 1 heterocycles. The average Bonchev–Trinajstić information content (AvgIpc) is 3.03. The van der Waals surface area contributed by atoms with E-state index in [0.717, 1.165) is 25.7 Å². The van der Waals surface area contributed by atoms with E-state index in [4.69, 9.17) is 9.47 Å². The summed E-state index contributed by atoms with van der Waals surface area (Å²) < 4.78 is 11.2. The van der Waals surface area contributed by atoms with Crippen LogP contribution in [0.5, 0.6) is 5.75 Å². The van der Waals surface area contributed by atoms with Crippen LogP contribution < -0.4 is 0 Å². The van der Waals surface area contributed by atoms with Gasteiger partial charge in [-0.15, -0.1) is 0 Å². The Balaban J connectivity index is 1.36. The van der Waals surface area contributed by atoms with Crippen molar-refractivity contribution in [3.8, 4) is 5.75 Å². The summed E-state index contributed by atoms with van der Waals surface area (Å²) in [6.07, 6.45) is -5.89. The highest BCUT2D eigenvalue weighted by Crippen LogP contribution is 2.61. The van der Waals surface area contributed by atoms with Crippen LogP contribution in [0.2, 0.25) is 0 Å². The third-order valence-electron chi connectivity index (χ3n) is 8.78. The number of fused-ring (bicyclic) bond motifs is 5. The van der Waals surface area contributed by atoms with Crippen LogP contribution in [0.25, 0.3) is 0 Å². The number of rotatable bonds is 3. The Kier molecular flexibility index (Phi) is 5.70. The van der Waals surface area contributed by atoms with Crippen LogP contribution in [0.15, 0.2) is 18.2 Å².